The molecule has 0 bridgehead atoms. The van der Waals surface area contributed by atoms with Gasteiger partial charge in [-0.25, -0.2) is 0 Å². The Labute approximate surface area is 116 Å². The third kappa shape index (κ3) is 3.40. The summed E-state index contributed by atoms with van der Waals surface area (Å²) in [4.78, 5) is 14.5. The lowest BCUT2D eigenvalue weighted by molar-refractivity contribution is 0.0217. The normalized spacial score (nSPS) is 12.2. The van der Waals surface area contributed by atoms with Crippen molar-refractivity contribution in [2.75, 3.05) is 27.7 Å². The zero-order chi connectivity index (χ0) is 13.9. The summed E-state index contributed by atoms with van der Waals surface area (Å²) in [7, 11) is 5.50. The van der Waals surface area contributed by atoms with Gasteiger partial charge in [-0.3, -0.25) is 9.48 Å². The lowest BCUT2D eigenvalue weighted by Crippen LogP contribution is -2.36. The Morgan fingerprint density at radius 2 is 2.17 bits per heavy atom. The molecule has 5 nitrogen and oxygen atoms in total. The summed E-state index contributed by atoms with van der Waals surface area (Å²) in [6.07, 6.45) is 1.65. The van der Waals surface area contributed by atoms with Gasteiger partial charge in [0.1, 0.15) is 11.3 Å². The van der Waals surface area contributed by atoms with Crippen molar-refractivity contribution in [3.63, 3.8) is 0 Å². The van der Waals surface area contributed by atoms with Crippen LogP contribution in [0.15, 0.2) is 10.7 Å². The van der Waals surface area contributed by atoms with E-state index in [2.05, 4.69) is 21.0 Å². The summed E-state index contributed by atoms with van der Waals surface area (Å²) in [5.41, 5.74) is -0.290. The van der Waals surface area contributed by atoms with Crippen LogP contribution in [0.1, 0.15) is 24.3 Å². The fourth-order valence-electron chi connectivity index (χ4n) is 1.43. The highest BCUT2D eigenvalue weighted by Gasteiger charge is 2.32. The fourth-order valence-corrected chi connectivity index (χ4v) is 1.91. The van der Waals surface area contributed by atoms with E-state index < -0.39 is 5.60 Å². The molecule has 6 heteroatoms. The maximum Gasteiger partial charge on any atom is 0.213 e. The zero-order valence-corrected chi connectivity index (χ0v) is 13.1. The molecule has 0 N–H and O–H groups in total. The van der Waals surface area contributed by atoms with Crippen LogP contribution in [0.4, 0.5) is 0 Å². The molecule has 0 saturated carbocycles. The molecule has 1 aromatic rings. The van der Waals surface area contributed by atoms with Gasteiger partial charge >= 0.3 is 0 Å². The molecule has 0 aliphatic rings. The second kappa shape index (κ2) is 5.95. The first-order valence-electron chi connectivity index (χ1n) is 5.75. The van der Waals surface area contributed by atoms with Gasteiger partial charge in [0.2, 0.25) is 5.78 Å². The number of hydrogen-bond acceptors (Lipinski definition) is 4. The number of hydrogen-bond donors (Lipinski definition) is 0. The van der Waals surface area contributed by atoms with Gasteiger partial charge in [0.05, 0.1) is 17.2 Å². The molecule has 0 saturated heterocycles. The number of ketones is 1. The first kappa shape index (κ1) is 15.3. The van der Waals surface area contributed by atoms with E-state index in [-0.39, 0.29) is 5.78 Å². The highest BCUT2D eigenvalue weighted by atomic mass is 79.9. The average Bonchev–Trinajstić information content (AvgIpc) is 2.66. The van der Waals surface area contributed by atoms with E-state index in [9.17, 15) is 4.79 Å². The van der Waals surface area contributed by atoms with Crippen molar-refractivity contribution in [3.8, 4) is 0 Å². The molecular weight excluding hydrogens is 298 g/mol. The Bertz CT molecular complexity index is 427. The second-order valence-electron chi connectivity index (χ2n) is 4.91. The van der Waals surface area contributed by atoms with E-state index >= 15 is 0 Å². The van der Waals surface area contributed by atoms with Gasteiger partial charge < -0.3 is 9.64 Å². The van der Waals surface area contributed by atoms with Crippen molar-refractivity contribution < 1.29 is 9.53 Å². The number of ether oxygens (including phenoxy) is 1. The number of halogens is 1. The number of Topliss-reactive ketones (excluding diaryl/α,β-unsaturated/α-hetero) is 1. The minimum Gasteiger partial charge on any atom is -0.371 e. The molecule has 1 heterocycles. The second-order valence-corrected chi connectivity index (χ2v) is 5.77. The van der Waals surface area contributed by atoms with Crippen LogP contribution in [0, 0.1) is 0 Å². The van der Waals surface area contributed by atoms with Crippen LogP contribution in [0.5, 0.6) is 0 Å². The lowest BCUT2D eigenvalue weighted by atomic mass is 10.0. The smallest absolute Gasteiger partial charge is 0.213 e. The van der Waals surface area contributed by atoms with E-state index in [0.29, 0.717) is 16.7 Å². The Morgan fingerprint density at radius 1 is 1.56 bits per heavy atom. The molecule has 0 atom stereocenters. The third-order valence-electron chi connectivity index (χ3n) is 2.83. The predicted molar refractivity (Wildman–Crippen MR) is 73.9 cm³/mol. The van der Waals surface area contributed by atoms with Crippen molar-refractivity contribution in [1.29, 1.82) is 0 Å². The highest BCUT2D eigenvalue weighted by molar-refractivity contribution is 9.10. The van der Waals surface area contributed by atoms with Gasteiger partial charge in [0, 0.05) is 13.7 Å². The number of rotatable bonds is 6. The molecule has 0 fully saturated rings. The number of carbonyl (C=O) groups excluding carboxylic acids is 1. The minimum absolute atomic E-state index is 0.0758. The van der Waals surface area contributed by atoms with Crippen molar-refractivity contribution in [1.82, 2.24) is 14.7 Å². The van der Waals surface area contributed by atoms with E-state index in [1.165, 1.54) is 7.11 Å². The van der Waals surface area contributed by atoms with E-state index in [1.807, 2.05) is 19.0 Å². The molecule has 0 aliphatic heterocycles. The summed E-state index contributed by atoms with van der Waals surface area (Å²) < 4.78 is 7.66. The van der Waals surface area contributed by atoms with E-state index in [0.717, 1.165) is 6.54 Å². The van der Waals surface area contributed by atoms with Crippen LogP contribution >= 0.6 is 15.9 Å². The summed E-state index contributed by atoms with van der Waals surface area (Å²) in [6.45, 7) is 5.00. The quantitative estimate of drug-likeness (QED) is 0.751. The largest absolute Gasteiger partial charge is 0.371 e. The third-order valence-corrected chi connectivity index (χ3v) is 3.41. The highest BCUT2D eigenvalue weighted by Crippen LogP contribution is 2.23. The summed E-state index contributed by atoms with van der Waals surface area (Å²) in [5.74, 6) is -0.0758. The monoisotopic (exact) mass is 317 g/mol. The summed E-state index contributed by atoms with van der Waals surface area (Å²) in [5, 5.41) is 4.22. The van der Waals surface area contributed by atoms with Crippen LogP contribution in [0.2, 0.25) is 0 Å². The first-order valence-corrected chi connectivity index (χ1v) is 6.55. The number of likely N-dealkylation sites (N-methyl/N-ethyl adjacent to an activating group) is 1. The Balaban J connectivity index is 3.01. The summed E-state index contributed by atoms with van der Waals surface area (Å²) >= 11 is 3.37. The van der Waals surface area contributed by atoms with Crippen molar-refractivity contribution >= 4 is 21.7 Å². The molecule has 0 radical (unpaired) electrons. The molecule has 18 heavy (non-hydrogen) atoms. The molecule has 0 amide bonds. The van der Waals surface area contributed by atoms with Crippen LogP contribution in [-0.2, 0) is 11.3 Å². The van der Waals surface area contributed by atoms with Gasteiger partial charge in [0.25, 0.3) is 0 Å². The van der Waals surface area contributed by atoms with E-state index in [4.69, 9.17) is 4.74 Å². The molecule has 102 valence electrons. The number of methoxy groups -OCH3 is 1. The maximum atomic E-state index is 12.4. The standard InChI is InChI=1S/C12H20BrN3O2/c1-12(2,18-5)11(17)10-9(13)8-14-16(10)7-6-15(3)4/h8H,6-7H2,1-5H3. The number of nitrogens with zero attached hydrogens (tertiary/aromatic N) is 3. The molecule has 1 aromatic heterocycles. The topological polar surface area (TPSA) is 47.4 Å². The average molecular weight is 318 g/mol. The Hall–Kier alpha value is -0.720. The molecule has 0 unspecified atom stereocenters. The Kier molecular flexibility index (Phi) is 5.07. The number of carbonyl (C=O) groups is 1. The van der Waals surface area contributed by atoms with Crippen molar-refractivity contribution in [2.45, 2.75) is 26.0 Å². The Morgan fingerprint density at radius 3 is 2.67 bits per heavy atom. The van der Waals surface area contributed by atoms with Crippen LogP contribution < -0.4 is 0 Å². The van der Waals surface area contributed by atoms with Crippen molar-refractivity contribution in [2.24, 2.45) is 0 Å². The molecule has 0 aromatic carbocycles. The van der Waals surface area contributed by atoms with Gasteiger partial charge in [-0.2, -0.15) is 5.10 Å². The van der Waals surface area contributed by atoms with Gasteiger partial charge in [-0.1, -0.05) is 0 Å². The van der Waals surface area contributed by atoms with Crippen LogP contribution in [0.3, 0.4) is 0 Å². The zero-order valence-electron chi connectivity index (χ0n) is 11.5. The molecule has 0 spiro atoms. The first-order chi connectivity index (χ1) is 8.29. The predicted octanol–water partition coefficient (Wildman–Crippen LogP) is 1.81. The molecule has 1 rings (SSSR count). The van der Waals surface area contributed by atoms with Gasteiger partial charge in [-0.15, -0.1) is 0 Å². The maximum absolute atomic E-state index is 12.4. The SMILES string of the molecule is COC(C)(C)C(=O)c1c(Br)cnn1CCN(C)C. The van der Waals surface area contributed by atoms with Crippen molar-refractivity contribution in [3.05, 3.63) is 16.4 Å². The lowest BCUT2D eigenvalue weighted by Gasteiger charge is -2.22. The minimum atomic E-state index is -0.849. The molecule has 0 aliphatic carbocycles. The van der Waals surface area contributed by atoms with Crippen LogP contribution in [-0.4, -0.2) is 53.8 Å². The van der Waals surface area contributed by atoms with Crippen LogP contribution in [0.25, 0.3) is 0 Å². The number of aromatic nitrogens is 2. The van der Waals surface area contributed by atoms with Gasteiger partial charge in [-0.05, 0) is 43.9 Å². The molecular formula is C12H20BrN3O2. The van der Waals surface area contributed by atoms with Gasteiger partial charge in [0.15, 0.2) is 0 Å². The fraction of sp³-hybridized carbons (Fsp3) is 0.667. The van der Waals surface area contributed by atoms with E-state index in [1.54, 1.807) is 24.7 Å². The summed E-state index contributed by atoms with van der Waals surface area (Å²) in [6, 6.07) is 0.